The summed E-state index contributed by atoms with van der Waals surface area (Å²) in [5.74, 6) is -1.05. The van der Waals surface area contributed by atoms with E-state index in [1.54, 1.807) is 13.8 Å². The van der Waals surface area contributed by atoms with Gasteiger partial charge in [0.1, 0.15) is 16.0 Å². The van der Waals surface area contributed by atoms with Crippen LogP contribution in [-0.4, -0.2) is 22.5 Å². The summed E-state index contributed by atoms with van der Waals surface area (Å²) < 4.78 is 24.7. The first-order chi connectivity index (χ1) is 12.0. The predicted molar refractivity (Wildman–Crippen MR) is 89.3 cm³/mol. The van der Waals surface area contributed by atoms with Crippen LogP contribution in [0.4, 0.5) is 4.39 Å². The molecule has 0 aliphatic carbocycles. The Morgan fingerprint density at radius 2 is 2.20 bits per heavy atom. The lowest BCUT2D eigenvalue weighted by molar-refractivity contribution is 0.0531. The predicted octanol–water partition coefficient (Wildman–Crippen LogP) is 3.98. The molecule has 0 atom stereocenters. The molecule has 1 aromatic carbocycles. The van der Waals surface area contributed by atoms with Crippen LogP contribution in [0.3, 0.4) is 0 Å². The number of rotatable bonds is 4. The Hall–Kier alpha value is -3.05. The van der Waals surface area contributed by atoms with Gasteiger partial charge >= 0.3 is 5.97 Å². The Morgan fingerprint density at radius 3 is 2.88 bits per heavy atom. The summed E-state index contributed by atoms with van der Waals surface area (Å²) in [4.78, 5) is 21.2. The molecule has 0 radical (unpaired) electrons. The van der Waals surface area contributed by atoms with Crippen molar-refractivity contribution in [1.29, 1.82) is 5.26 Å². The normalized spacial score (nSPS) is 10.5. The molecule has 6 nitrogen and oxygen atoms in total. The van der Waals surface area contributed by atoms with E-state index in [-0.39, 0.29) is 23.8 Å². The summed E-state index contributed by atoms with van der Waals surface area (Å²) >= 11 is 1.16. The van der Waals surface area contributed by atoms with Gasteiger partial charge in [0, 0.05) is 0 Å². The fraction of sp³-hybridized carbons (Fsp3) is 0.176. The smallest absolute Gasteiger partial charge is 0.348 e. The summed E-state index contributed by atoms with van der Waals surface area (Å²) in [6.07, 6.45) is 1.28. The molecular weight excluding hydrogens is 345 g/mol. The third-order valence-corrected chi connectivity index (χ3v) is 4.60. The number of esters is 1. The van der Waals surface area contributed by atoms with Gasteiger partial charge in [0.05, 0.1) is 23.6 Å². The molecule has 0 amide bonds. The van der Waals surface area contributed by atoms with Crippen LogP contribution < -0.4 is 4.74 Å². The molecule has 0 bridgehead atoms. The van der Waals surface area contributed by atoms with Crippen molar-refractivity contribution in [1.82, 2.24) is 9.97 Å². The van der Waals surface area contributed by atoms with E-state index in [1.165, 1.54) is 18.5 Å². The van der Waals surface area contributed by atoms with E-state index in [1.807, 2.05) is 6.07 Å². The molecule has 3 rings (SSSR count). The third-order valence-electron chi connectivity index (χ3n) is 3.42. The zero-order chi connectivity index (χ0) is 18.0. The van der Waals surface area contributed by atoms with Gasteiger partial charge in [-0.2, -0.15) is 5.26 Å². The summed E-state index contributed by atoms with van der Waals surface area (Å²) in [6.45, 7) is 3.72. The topological polar surface area (TPSA) is 85.1 Å². The molecule has 0 aliphatic rings. The number of hydrogen-bond acceptors (Lipinski definition) is 7. The van der Waals surface area contributed by atoms with Gasteiger partial charge in [-0.05, 0) is 37.6 Å². The van der Waals surface area contributed by atoms with Crippen LogP contribution in [0.1, 0.15) is 27.7 Å². The van der Waals surface area contributed by atoms with Crippen LogP contribution in [-0.2, 0) is 4.74 Å². The minimum absolute atomic E-state index is 0.0673. The molecule has 2 aromatic heterocycles. The van der Waals surface area contributed by atoms with E-state index in [2.05, 4.69) is 9.97 Å². The van der Waals surface area contributed by atoms with Crippen molar-refractivity contribution in [2.24, 2.45) is 0 Å². The van der Waals surface area contributed by atoms with Crippen molar-refractivity contribution in [3.8, 4) is 17.7 Å². The van der Waals surface area contributed by atoms with Crippen molar-refractivity contribution in [3.05, 3.63) is 46.3 Å². The number of carbonyl (C=O) groups is 1. The zero-order valence-corrected chi connectivity index (χ0v) is 14.2. The molecule has 25 heavy (non-hydrogen) atoms. The fourth-order valence-corrected chi connectivity index (χ4v) is 3.30. The van der Waals surface area contributed by atoms with Crippen molar-refractivity contribution in [2.45, 2.75) is 13.8 Å². The average Bonchev–Trinajstić information content (AvgIpc) is 2.95. The first kappa shape index (κ1) is 16.8. The summed E-state index contributed by atoms with van der Waals surface area (Å²) in [5, 5.41) is 9.33. The van der Waals surface area contributed by atoms with Gasteiger partial charge in [-0.1, -0.05) is 0 Å². The minimum atomic E-state index is -0.677. The van der Waals surface area contributed by atoms with Gasteiger partial charge < -0.3 is 9.47 Å². The Balaban J connectivity index is 2.05. The minimum Gasteiger partial charge on any atom is -0.462 e. The van der Waals surface area contributed by atoms with E-state index >= 15 is 0 Å². The number of thiophene rings is 1. The standard InChI is InChI=1S/C17H12FN3O3S/c1-3-23-17(22)14-9(2)13-15(20-8-21-16(13)25-14)24-12-5-4-10(7-19)6-11(12)18/h4-6,8H,3H2,1-2H3. The van der Waals surface area contributed by atoms with Crippen LogP contribution in [0.5, 0.6) is 11.6 Å². The highest BCUT2D eigenvalue weighted by Crippen LogP contribution is 2.37. The van der Waals surface area contributed by atoms with E-state index in [0.717, 1.165) is 17.4 Å². The molecule has 0 fully saturated rings. The highest BCUT2D eigenvalue weighted by Gasteiger charge is 2.21. The quantitative estimate of drug-likeness (QED) is 0.657. The van der Waals surface area contributed by atoms with E-state index in [4.69, 9.17) is 14.7 Å². The number of nitrogens with zero attached hydrogens (tertiary/aromatic N) is 3. The Morgan fingerprint density at radius 1 is 1.40 bits per heavy atom. The molecule has 0 unspecified atom stereocenters. The highest BCUT2D eigenvalue weighted by molar-refractivity contribution is 7.20. The summed E-state index contributed by atoms with van der Waals surface area (Å²) in [5.41, 5.74) is 0.803. The second-order valence-corrected chi connectivity index (χ2v) is 5.99. The lowest BCUT2D eigenvalue weighted by Gasteiger charge is -2.07. The zero-order valence-electron chi connectivity index (χ0n) is 13.4. The number of carbonyl (C=O) groups excluding carboxylic acids is 1. The molecule has 126 valence electrons. The van der Waals surface area contributed by atoms with Gasteiger partial charge in [0.15, 0.2) is 11.6 Å². The molecule has 3 aromatic rings. The second kappa shape index (κ2) is 6.83. The van der Waals surface area contributed by atoms with Crippen LogP contribution >= 0.6 is 11.3 Å². The first-order valence-electron chi connectivity index (χ1n) is 7.33. The number of nitriles is 1. The lowest BCUT2D eigenvalue weighted by atomic mass is 10.2. The molecule has 0 spiro atoms. The number of hydrogen-bond donors (Lipinski definition) is 0. The van der Waals surface area contributed by atoms with Crippen molar-refractivity contribution < 1.29 is 18.7 Å². The van der Waals surface area contributed by atoms with Crippen LogP contribution in [0, 0.1) is 24.1 Å². The van der Waals surface area contributed by atoms with Gasteiger partial charge in [-0.3, -0.25) is 0 Å². The second-order valence-electron chi connectivity index (χ2n) is 4.99. The monoisotopic (exact) mass is 357 g/mol. The van der Waals surface area contributed by atoms with E-state index in [0.29, 0.717) is 20.7 Å². The largest absolute Gasteiger partial charge is 0.462 e. The van der Waals surface area contributed by atoms with Crippen molar-refractivity contribution in [3.63, 3.8) is 0 Å². The molecular formula is C17H12FN3O3S. The van der Waals surface area contributed by atoms with Gasteiger partial charge in [-0.15, -0.1) is 11.3 Å². The molecule has 0 saturated heterocycles. The number of halogens is 1. The van der Waals surface area contributed by atoms with E-state index in [9.17, 15) is 9.18 Å². The number of aryl methyl sites for hydroxylation is 1. The summed E-state index contributed by atoms with van der Waals surface area (Å²) in [7, 11) is 0. The maximum atomic E-state index is 14.1. The Kier molecular flexibility index (Phi) is 4.59. The molecule has 0 saturated carbocycles. The van der Waals surface area contributed by atoms with Gasteiger partial charge in [0.2, 0.25) is 5.88 Å². The number of fused-ring (bicyclic) bond motifs is 1. The number of aromatic nitrogens is 2. The maximum Gasteiger partial charge on any atom is 0.348 e. The summed E-state index contributed by atoms with van der Waals surface area (Å²) in [6, 6.07) is 5.74. The third kappa shape index (κ3) is 3.14. The average molecular weight is 357 g/mol. The first-order valence-corrected chi connectivity index (χ1v) is 8.15. The molecule has 0 N–H and O–H groups in total. The SMILES string of the molecule is CCOC(=O)c1sc2ncnc(Oc3ccc(C#N)cc3F)c2c1C. The van der Waals surface area contributed by atoms with Crippen LogP contribution in [0.2, 0.25) is 0 Å². The number of ether oxygens (including phenoxy) is 2. The lowest BCUT2D eigenvalue weighted by Crippen LogP contribution is -2.03. The van der Waals surface area contributed by atoms with Crippen LogP contribution in [0.25, 0.3) is 10.2 Å². The van der Waals surface area contributed by atoms with Crippen LogP contribution in [0.15, 0.2) is 24.5 Å². The fourth-order valence-electron chi connectivity index (χ4n) is 2.27. The van der Waals surface area contributed by atoms with Gasteiger partial charge in [0.25, 0.3) is 0 Å². The van der Waals surface area contributed by atoms with Crippen molar-refractivity contribution in [2.75, 3.05) is 6.61 Å². The Labute approximate surface area is 146 Å². The van der Waals surface area contributed by atoms with E-state index < -0.39 is 11.8 Å². The van der Waals surface area contributed by atoms with Crippen molar-refractivity contribution >= 4 is 27.5 Å². The maximum absolute atomic E-state index is 14.1. The highest BCUT2D eigenvalue weighted by atomic mass is 32.1. The molecule has 0 aliphatic heterocycles. The number of benzene rings is 1. The molecule has 8 heteroatoms. The Bertz CT molecular complexity index is 1010. The van der Waals surface area contributed by atoms with Gasteiger partial charge in [-0.25, -0.2) is 19.2 Å². The molecule has 2 heterocycles.